The van der Waals surface area contributed by atoms with Crippen LogP contribution >= 0.6 is 24.0 Å². The van der Waals surface area contributed by atoms with Gasteiger partial charge in [-0.25, -0.2) is 13.4 Å². The van der Waals surface area contributed by atoms with E-state index < -0.39 is 9.84 Å². The van der Waals surface area contributed by atoms with E-state index in [9.17, 15) is 8.42 Å². The Morgan fingerprint density at radius 3 is 2.37 bits per heavy atom. The molecule has 0 saturated carbocycles. The summed E-state index contributed by atoms with van der Waals surface area (Å²) in [6, 6.07) is 5.91. The molecular formula is C19H35IN4O2S. The molecule has 0 unspecified atom stereocenters. The number of sulfone groups is 1. The minimum atomic E-state index is -3.19. The number of benzene rings is 1. The van der Waals surface area contributed by atoms with Gasteiger partial charge < -0.3 is 10.6 Å². The molecule has 0 spiro atoms. The number of hydrogen-bond donors (Lipinski definition) is 2. The van der Waals surface area contributed by atoms with Gasteiger partial charge in [-0.05, 0) is 51.4 Å². The van der Waals surface area contributed by atoms with Crippen molar-refractivity contribution in [2.24, 2.45) is 4.99 Å². The molecule has 6 nitrogen and oxygen atoms in total. The summed E-state index contributed by atoms with van der Waals surface area (Å²) >= 11 is 0. The summed E-state index contributed by atoms with van der Waals surface area (Å²) in [6.45, 7) is 14.5. The zero-order valence-electron chi connectivity index (χ0n) is 17.4. The summed E-state index contributed by atoms with van der Waals surface area (Å²) in [4.78, 5) is 7.38. The van der Waals surface area contributed by atoms with Crippen LogP contribution in [0.25, 0.3) is 0 Å². The van der Waals surface area contributed by atoms with E-state index in [0.29, 0.717) is 17.5 Å². The average molecular weight is 510 g/mol. The molecule has 0 radical (unpaired) electrons. The third-order valence-electron chi connectivity index (χ3n) is 4.23. The number of likely N-dealkylation sites (N-methyl/N-ethyl adjacent to an activating group) is 1. The number of aliphatic imine (C=N–C) groups is 1. The molecule has 0 atom stereocenters. The van der Waals surface area contributed by atoms with E-state index in [1.54, 1.807) is 6.07 Å². The zero-order valence-corrected chi connectivity index (χ0v) is 20.5. The molecule has 1 aromatic carbocycles. The van der Waals surface area contributed by atoms with E-state index >= 15 is 0 Å². The monoisotopic (exact) mass is 510 g/mol. The predicted molar refractivity (Wildman–Crippen MR) is 125 cm³/mol. The normalized spacial score (nSPS) is 12.2. The van der Waals surface area contributed by atoms with Crippen molar-refractivity contribution in [3.8, 4) is 0 Å². The first kappa shape index (κ1) is 26.1. The molecular weight excluding hydrogens is 475 g/mol. The lowest BCUT2D eigenvalue weighted by atomic mass is 10.1. The van der Waals surface area contributed by atoms with E-state index in [4.69, 9.17) is 0 Å². The van der Waals surface area contributed by atoms with Crippen LogP contribution in [0.1, 0.15) is 38.8 Å². The van der Waals surface area contributed by atoms with Crippen LogP contribution in [0.4, 0.5) is 0 Å². The number of nitrogens with one attached hydrogen (secondary N) is 2. The second-order valence-corrected chi connectivity index (χ2v) is 8.70. The average Bonchev–Trinajstić information content (AvgIpc) is 2.55. The van der Waals surface area contributed by atoms with Crippen molar-refractivity contribution < 1.29 is 8.42 Å². The Morgan fingerprint density at radius 1 is 1.22 bits per heavy atom. The Hall–Kier alpha value is -0.870. The Balaban J connectivity index is 0.00000676. The van der Waals surface area contributed by atoms with E-state index in [0.717, 1.165) is 43.3 Å². The van der Waals surface area contributed by atoms with Gasteiger partial charge in [-0.3, -0.25) is 4.90 Å². The minimum Gasteiger partial charge on any atom is -0.357 e. The molecule has 0 saturated heterocycles. The van der Waals surface area contributed by atoms with E-state index in [2.05, 4.69) is 41.3 Å². The summed E-state index contributed by atoms with van der Waals surface area (Å²) in [5, 5.41) is 6.61. The molecule has 1 aromatic rings. The van der Waals surface area contributed by atoms with Crippen molar-refractivity contribution in [3.05, 3.63) is 29.3 Å². The minimum absolute atomic E-state index is 0. The third kappa shape index (κ3) is 9.25. The van der Waals surface area contributed by atoms with Crippen LogP contribution in [0.5, 0.6) is 0 Å². The van der Waals surface area contributed by atoms with Gasteiger partial charge in [-0.2, -0.15) is 0 Å². The summed E-state index contributed by atoms with van der Waals surface area (Å²) in [5.74, 6) is 0.775. The van der Waals surface area contributed by atoms with Gasteiger partial charge in [0.25, 0.3) is 0 Å². The predicted octanol–water partition coefficient (Wildman–Crippen LogP) is 2.80. The van der Waals surface area contributed by atoms with Crippen molar-refractivity contribution >= 4 is 39.8 Å². The maximum absolute atomic E-state index is 11.7. The van der Waals surface area contributed by atoms with E-state index in [1.165, 1.54) is 6.26 Å². The van der Waals surface area contributed by atoms with Crippen LogP contribution in [0, 0.1) is 6.92 Å². The van der Waals surface area contributed by atoms with E-state index in [-0.39, 0.29) is 24.0 Å². The quantitative estimate of drug-likeness (QED) is 0.304. The highest BCUT2D eigenvalue weighted by molar-refractivity contribution is 14.0. The van der Waals surface area contributed by atoms with Gasteiger partial charge in [0.2, 0.25) is 0 Å². The fourth-order valence-electron chi connectivity index (χ4n) is 2.84. The lowest BCUT2D eigenvalue weighted by molar-refractivity contribution is 0.237. The molecule has 0 heterocycles. The Morgan fingerprint density at radius 2 is 1.89 bits per heavy atom. The van der Waals surface area contributed by atoms with Crippen molar-refractivity contribution in [2.75, 3.05) is 32.4 Å². The van der Waals surface area contributed by atoms with Crippen LogP contribution in [0.15, 0.2) is 28.1 Å². The topological polar surface area (TPSA) is 73.8 Å². The van der Waals surface area contributed by atoms with Gasteiger partial charge in [0, 0.05) is 31.9 Å². The first-order chi connectivity index (χ1) is 12.2. The highest BCUT2D eigenvalue weighted by Crippen LogP contribution is 2.17. The van der Waals surface area contributed by atoms with Crippen LogP contribution in [0.3, 0.4) is 0 Å². The second kappa shape index (κ2) is 12.6. The molecule has 0 aromatic heterocycles. The molecule has 0 bridgehead atoms. The van der Waals surface area contributed by atoms with Crippen molar-refractivity contribution in [1.29, 1.82) is 0 Å². The number of rotatable bonds is 9. The number of aryl methyl sites for hydroxylation is 1. The SMILES string of the molecule is CCNC(=NCc1ccc(S(C)(=O)=O)c(C)c1)NCCN(CC)C(C)C.I. The van der Waals surface area contributed by atoms with Crippen molar-refractivity contribution in [2.45, 2.75) is 52.1 Å². The van der Waals surface area contributed by atoms with Crippen molar-refractivity contribution in [3.63, 3.8) is 0 Å². The first-order valence-corrected chi connectivity index (χ1v) is 11.1. The Kier molecular flexibility index (Phi) is 12.2. The summed E-state index contributed by atoms with van der Waals surface area (Å²) < 4.78 is 23.4. The van der Waals surface area contributed by atoms with Crippen LogP contribution < -0.4 is 10.6 Å². The second-order valence-electron chi connectivity index (χ2n) is 6.72. The van der Waals surface area contributed by atoms with Crippen molar-refractivity contribution in [1.82, 2.24) is 15.5 Å². The molecule has 27 heavy (non-hydrogen) atoms. The lowest BCUT2D eigenvalue weighted by Gasteiger charge is -2.25. The number of guanidine groups is 1. The van der Waals surface area contributed by atoms with Gasteiger partial charge in [0.1, 0.15) is 0 Å². The first-order valence-electron chi connectivity index (χ1n) is 9.24. The van der Waals surface area contributed by atoms with Crippen LogP contribution in [-0.4, -0.2) is 57.8 Å². The standard InChI is InChI=1S/C19H34N4O2S.HI/c1-7-20-19(21-11-12-23(8-2)15(3)4)22-14-17-9-10-18(16(5)13-17)26(6,24)25;/h9-10,13,15H,7-8,11-12,14H2,1-6H3,(H2,20,21,22);1H. The number of nitrogens with zero attached hydrogens (tertiary/aromatic N) is 2. The Labute approximate surface area is 182 Å². The summed E-state index contributed by atoms with van der Waals surface area (Å²) in [6.07, 6.45) is 1.23. The van der Waals surface area contributed by atoms with E-state index in [1.807, 2.05) is 26.0 Å². The molecule has 0 fully saturated rings. The third-order valence-corrected chi connectivity index (χ3v) is 5.49. The molecule has 0 aliphatic rings. The molecule has 0 amide bonds. The fraction of sp³-hybridized carbons (Fsp3) is 0.632. The molecule has 0 aliphatic carbocycles. The smallest absolute Gasteiger partial charge is 0.191 e. The largest absolute Gasteiger partial charge is 0.357 e. The highest BCUT2D eigenvalue weighted by Gasteiger charge is 2.11. The zero-order chi connectivity index (χ0) is 19.7. The fourth-order valence-corrected chi connectivity index (χ4v) is 3.80. The molecule has 2 N–H and O–H groups in total. The number of hydrogen-bond acceptors (Lipinski definition) is 4. The van der Waals surface area contributed by atoms with Gasteiger partial charge >= 0.3 is 0 Å². The lowest BCUT2D eigenvalue weighted by Crippen LogP contribution is -2.43. The van der Waals surface area contributed by atoms with Gasteiger partial charge in [0.15, 0.2) is 15.8 Å². The highest BCUT2D eigenvalue weighted by atomic mass is 127. The summed E-state index contributed by atoms with van der Waals surface area (Å²) in [5.41, 5.74) is 1.75. The van der Waals surface area contributed by atoms with Gasteiger partial charge in [-0.1, -0.05) is 19.1 Å². The Bertz CT molecular complexity index is 706. The van der Waals surface area contributed by atoms with Gasteiger partial charge in [0.05, 0.1) is 11.4 Å². The van der Waals surface area contributed by atoms with Gasteiger partial charge in [-0.15, -0.1) is 24.0 Å². The molecule has 1 rings (SSSR count). The molecule has 8 heteroatoms. The molecule has 0 aliphatic heterocycles. The number of halogens is 1. The summed E-state index contributed by atoms with van der Waals surface area (Å²) in [7, 11) is -3.19. The van der Waals surface area contributed by atoms with Crippen LogP contribution in [0.2, 0.25) is 0 Å². The maximum Gasteiger partial charge on any atom is 0.191 e. The van der Waals surface area contributed by atoms with Crippen LogP contribution in [-0.2, 0) is 16.4 Å². The molecule has 156 valence electrons. The maximum atomic E-state index is 11.7.